The van der Waals surface area contributed by atoms with Crippen LogP contribution in [0.2, 0.25) is 0 Å². The smallest absolute Gasteiger partial charge is 0.142 e. The van der Waals surface area contributed by atoms with Crippen molar-refractivity contribution in [2.24, 2.45) is 0 Å². The Morgan fingerprint density at radius 3 is 2.62 bits per heavy atom. The third kappa shape index (κ3) is 3.99. The number of rotatable bonds is 6. The zero-order chi connectivity index (χ0) is 14.3. The lowest BCUT2D eigenvalue weighted by molar-refractivity contribution is 0.323. The molecule has 0 aliphatic carbocycles. The number of benzene rings is 2. The maximum absolute atomic E-state index is 5.59. The second kappa shape index (κ2) is 7.14. The molecule has 0 saturated carbocycles. The highest BCUT2D eigenvalue weighted by Crippen LogP contribution is 2.27. The van der Waals surface area contributed by atoms with Crippen LogP contribution in [0, 0.1) is 0 Å². The van der Waals surface area contributed by atoms with Crippen LogP contribution in [0.4, 0.5) is 5.69 Å². The number of anilines is 1. The second-order valence-electron chi connectivity index (χ2n) is 5.34. The third-order valence-electron chi connectivity index (χ3n) is 3.74. The van der Waals surface area contributed by atoms with E-state index in [-0.39, 0.29) is 0 Å². The average Bonchev–Trinajstić information content (AvgIpc) is 2.55. The zero-order valence-electron chi connectivity index (χ0n) is 12.3. The van der Waals surface area contributed by atoms with E-state index in [1.54, 1.807) is 0 Å². The summed E-state index contributed by atoms with van der Waals surface area (Å²) in [6, 6.07) is 17.0. The first-order valence-electron chi connectivity index (χ1n) is 7.66. The number of hydrogen-bond acceptors (Lipinski definition) is 3. The van der Waals surface area contributed by atoms with Gasteiger partial charge in [0, 0.05) is 6.54 Å². The summed E-state index contributed by atoms with van der Waals surface area (Å²) in [6.45, 7) is 3.68. The van der Waals surface area contributed by atoms with Gasteiger partial charge >= 0.3 is 0 Å². The number of fused-ring (bicyclic) bond motifs is 1. The molecule has 3 nitrogen and oxygen atoms in total. The van der Waals surface area contributed by atoms with Gasteiger partial charge in [0.15, 0.2) is 0 Å². The number of hydrogen-bond donors (Lipinski definition) is 2. The highest BCUT2D eigenvalue weighted by atomic mass is 16.5. The van der Waals surface area contributed by atoms with Crippen LogP contribution in [0.3, 0.4) is 0 Å². The van der Waals surface area contributed by atoms with E-state index in [0.29, 0.717) is 0 Å². The van der Waals surface area contributed by atoms with Gasteiger partial charge in [0.05, 0.1) is 5.69 Å². The van der Waals surface area contributed by atoms with E-state index in [0.717, 1.165) is 50.5 Å². The van der Waals surface area contributed by atoms with Gasteiger partial charge < -0.3 is 15.4 Å². The fraction of sp³-hybridized carbons (Fsp3) is 0.333. The maximum atomic E-state index is 5.59. The van der Waals surface area contributed by atoms with Crippen molar-refractivity contribution in [1.82, 2.24) is 5.32 Å². The zero-order valence-corrected chi connectivity index (χ0v) is 12.3. The standard InChI is InChI=1S/C18H22N2O/c1-2-4-15(5-3-1)8-10-19-11-9-16-6-7-18-17(14-16)20-12-13-21-18/h1-7,14,19-20H,8-13H2. The molecule has 3 rings (SSSR count). The minimum Gasteiger partial charge on any atom is -0.490 e. The van der Waals surface area contributed by atoms with Gasteiger partial charge in [-0.25, -0.2) is 0 Å². The van der Waals surface area contributed by atoms with Crippen LogP contribution in [-0.2, 0) is 12.8 Å². The van der Waals surface area contributed by atoms with Crippen LogP contribution >= 0.6 is 0 Å². The minimum atomic E-state index is 0.757. The lowest BCUT2D eigenvalue weighted by atomic mass is 10.1. The van der Waals surface area contributed by atoms with Crippen LogP contribution in [0.25, 0.3) is 0 Å². The maximum Gasteiger partial charge on any atom is 0.142 e. The van der Waals surface area contributed by atoms with E-state index in [1.165, 1.54) is 11.1 Å². The molecule has 2 aromatic rings. The Morgan fingerprint density at radius 1 is 0.952 bits per heavy atom. The highest BCUT2D eigenvalue weighted by Gasteiger charge is 2.09. The minimum absolute atomic E-state index is 0.757. The number of ether oxygens (including phenoxy) is 1. The highest BCUT2D eigenvalue weighted by molar-refractivity contribution is 5.59. The van der Waals surface area contributed by atoms with Crippen molar-refractivity contribution >= 4 is 5.69 Å². The van der Waals surface area contributed by atoms with E-state index in [1.807, 2.05) is 0 Å². The first kappa shape index (κ1) is 14.0. The Hall–Kier alpha value is -2.00. The molecule has 0 radical (unpaired) electrons. The van der Waals surface area contributed by atoms with E-state index < -0.39 is 0 Å². The molecule has 21 heavy (non-hydrogen) atoms. The van der Waals surface area contributed by atoms with Crippen molar-refractivity contribution in [2.75, 3.05) is 31.6 Å². The topological polar surface area (TPSA) is 33.3 Å². The van der Waals surface area contributed by atoms with Gasteiger partial charge in [-0.1, -0.05) is 36.4 Å². The van der Waals surface area contributed by atoms with Gasteiger partial charge in [0.1, 0.15) is 12.4 Å². The molecule has 3 heteroatoms. The summed E-state index contributed by atoms with van der Waals surface area (Å²) >= 11 is 0. The molecule has 0 amide bonds. The van der Waals surface area contributed by atoms with Crippen molar-refractivity contribution in [1.29, 1.82) is 0 Å². The summed E-state index contributed by atoms with van der Waals surface area (Å²) < 4.78 is 5.59. The predicted molar refractivity (Wildman–Crippen MR) is 87.1 cm³/mol. The van der Waals surface area contributed by atoms with Crippen LogP contribution < -0.4 is 15.4 Å². The molecule has 1 aliphatic heterocycles. The van der Waals surface area contributed by atoms with E-state index >= 15 is 0 Å². The first-order chi connectivity index (χ1) is 10.4. The molecule has 0 fully saturated rings. The lowest BCUT2D eigenvalue weighted by Gasteiger charge is -2.19. The molecule has 2 aromatic carbocycles. The Balaban J connectivity index is 1.41. The molecule has 0 unspecified atom stereocenters. The summed E-state index contributed by atoms with van der Waals surface area (Å²) in [4.78, 5) is 0. The van der Waals surface area contributed by atoms with Crippen molar-refractivity contribution in [2.45, 2.75) is 12.8 Å². The molecule has 0 aromatic heterocycles. The van der Waals surface area contributed by atoms with Crippen LogP contribution in [0.5, 0.6) is 5.75 Å². The average molecular weight is 282 g/mol. The van der Waals surface area contributed by atoms with E-state index in [2.05, 4.69) is 59.2 Å². The summed E-state index contributed by atoms with van der Waals surface area (Å²) in [6.07, 6.45) is 2.13. The van der Waals surface area contributed by atoms with Crippen molar-refractivity contribution in [3.63, 3.8) is 0 Å². The van der Waals surface area contributed by atoms with Crippen molar-refractivity contribution in [3.05, 3.63) is 59.7 Å². The summed E-state index contributed by atoms with van der Waals surface area (Å²) in [5.41, 5.74) is 3.86. The largest absolute Gasteiger partial charge is 0.490 e. The fourth-order valence-corrected chi connectivity index (χ4v) is 2.58. The summed E-state index contributed by atoms with van der Waals surface area (Å²) in [5.74, 6) is 0.974. The monoisotopic (exact) mass is 282 g/mol. The predicted octanol–water partition coefficient (Wildman–Crippen LogP) is 2.87. The van der Waals surface area contributed by atoms with Gasteiger partial charge in [0.2, 0.25) is 0 Å². The van der Waals surface area contributed by atoms with Gasteiger partial charge in [-0.2, -0.15) is 0 Å². The first-order valence-corrected chi connectivity index (χ1v) is 7.66. The van der Waals surface area contributed by atoms with Gasteiger partial charge in [-0.15, -0.1) is 0 Å². The molecule has 1 heterocycles. The van der Waals surface area contributed by atoms with Crippen LogP contribution in [-0.4, -0.2) is 26.2 Å². The molecular formula is C18H22N2O. The number of nitrogens with one attached hydrogen (secondary N) is 2. The molecule has 2 N–H and O–H groups in total. The van der Waals surface area contributed by atoms with Crippen LogP contribution in [0.15, 0.2) is 48.5 Å². The fourth-order valence-electron chi connectivity index (χ4n) is 2.58. The normalized spacial score (nSPS) is 13.1. The molecule has 0 saturated heterocycles. The molecular weight excluding hydrogens is 260 g/mol. The molecule has 0 bridgehead atoms. The second-order valence-corrected chi connectivity index (χ2v) is 5.34. The van der Waals surface area contributed by atoms with Crippen molar-refractivity contribution < 1.29 is 4.74 Å². The van der Waals surface area contributed by atoms with Gasteiger partial charge in [-0.3, -0.25) is 0 Å². The quantitative estimate of drug-likeness (QED) is 0.799. The van der Waals surface area contributed by atoms with Crippen molar-refractivity contribution in [3.8, 4) is 5.75 Å². The summed E-state index contributed by atoms with van der Waals surface area (Å²) in [5, 5.41) is 6.89. The molecule has 0 spiro atoms. The van der Waals surface area contributed by atoms with E-state index in [9.17, 15) is 0 Å². The Bertz CT molecular complexity index is 569. The summed E-state index contributed by atoms with van der Waals surface area (Å²) in [7, 11) is 0. The van der Waals surface area contributed by atoms with Gasteiger partial charge in [0.25, 0.3) is 0 Å². The lowest BCUT2D eigenvalue weighted by Crippen LogP contribution is -2.21. The Morgan fingerprint density at radius 2 is 1.76 bits per heavy atom. The molecule has 1 aliphatic rings. The third-order valence-corrected chi connectivity index (χ3v) is 3.74. The van der Waals surface area contributed by atoms with Gasteiger partial charge in [-0.05, 0) is 49.2 Å². The molecule has 0 atom stereocenters. The Kier molecular flexibility index (Phi) is 4.74. The van der Waals surface area contributed by atoms with Crippen LogP contribution in [0.1, 0.15) is 11.1 Å². The molecule has 110 valence electrons. The Labute approximate surface area is 126 Å². The van der Waals surface area contributed by atoms with E-state index in [4.69, 9.17) is 4.74 Å². The SMILES string of the molecule is c1ccc(CCNCCc2ccc3c(c2)NCCO3)cc1.